The average molecular weight is 319 g/mol. The van der Waals surface area contributed by atoms with Crippen molar-refractivity contribution in [1.82, 2.24) is 0 Å². The third-order valence-corrected chi connectivity index (χ3v) is 3.36. The minimum atomic E-state index is -0.147. The predicted octanol–water partition coefficient (Wildman–Crippen LogP) is 3.96. The van der Waals surface area contributed by atoms with E-state index in [1.54, 1.807) is 49.6 Å². The van der Waals surface area contributed by atoms with Crippen LogP contribution in [0.2, 0.25) is 5.02 Å². The number of phenolic OH excluding ortho intramolecular Hbond substituents is 1. The number of ether oxygens (including phenoxy) is 2. The van der Waals surface area contributed by atoms with Crippen molar-refractivity contribution >= 4 is 23.5 Å². The number of phenols is 1. The number of rotatable bonds is 5. The molecule has 0 saturated carbocycles. The van der Waals surface area contributed by atoms with Gasteiger partial charge in [-0.15, -0.1) is 0 Å². The molecular weight excluding hydrogens is 304 g/mol. The van der Waals surface area contributed by atoms with Crippen LogP contribution in [-0.4, -0.2) is 25.1 Å². The number of carbonyl (C=O) groups excluding carboxylic acids is 1. The monoisotopic (exact) mass is 318 g/mol. The molecule has 0 fully saturated rings. The summed E-state index contributed by atoms with van der Waals surface area (Å²) < 4.78 is 10.1. The fourth-order valence-corrected chi connectivity index (χ4v) is 2.09. The highest BCUT2D eigenvalue weighted by Gasteiger charge is 2.08. The maximum absolute atomic E-state index is 12.1. The van der Waals surface area contributed by atoms with E-state index < -0.39 is 0 Å². The molecule has 0 aliphatic carbocycles. The Hall–Kier alpha value is -2.46. The number of hydrogen-bond donors (Lipinski definition) is 1. The van der Waals surface area contributed by atoms with E-state index in [0.29, 0.717) is 16.9 Å². The summed E-state index contributed by atoms with van der Waals surface area (Å²) in [5, 5.41) is 9.83. The van der Waals surface area contributed by atoms with Crippen LogP contribution < -0.4 is 9.47 Å². The molecule has 0 bridgehead atoms. The van der Waals surface area contributed by atoms with E-state index in [4.69, 9.17) is 21.1 Å². The Bertz CT molecular complexity index is 705. The van der Waals surface area contributed by atoms with Gasteiger partial charge in [-0.05, 0) is 48.0 Å². The lowest BCUT2D eigenvalue weighted by Crippen LogP contribution is -1.94. The van der Waals surface area contributed by atoms with Crippen LogP contribution in [0.5, 0.6) is 17.2 Å². The normalized spacial score (nSPS) is 10.7. The maximum atomic E-state index is 12.1. The van der Waals surface area contributed by atoms with Crippen molar-refractivity contribution in [2.45, 2.75) is 0 Å². The molecule has 0 aliphatic rings. The number of aromatic hydroxyl groups is 1. The summed E-state index contributed by atoms with van der Waals surface area (Å²) >= 11 is 5.90. The van der Waals surface area contributed by atoms with Crippen molar-refractivity contribution in [3.8, 4) is 17.2 Å². The van der Waals surface area contributed by atoms with Crippen LogP contribution in [0.1, 0.15) is 15.9 Å². The number of halogens is 1. The quantitative estimate of drug-likeness (QED) is 0.669. The van der Waals surface area contributed by atoms with Crippen LogP contribution in [0.25, 0.3) is 6.08 Å². The van der Waals surface area contributed by atoms with Gasteiger partial charge in [0, 0.05) is 5.56 Å². The first-order chi connectivity index (χ1) is 10.5. The van der Waals surface area contributed by atoms with Crippen LogP contribution in [0.15, 0.2) is 42.5 Å². The Labute approximate surface area is 133 Å². The first-order valence-electron chi connectivity index (χ1n) is 6.48. The van der Waals surface area contributed by atoms with Gasteiger partial charge in [-0.25, -0.2) is 0 Å². The molecule has 0 spiro atoms. The number of benzene rings is 2. The van der Waals surface area contributed by atoms with Crippen LogP contribution >= 0.6 is 11.6 Å². The molecule has 1 N–H and O–H groups in total. The molecule has 2 aromatic carbocycles. The number of ketones is 1. The molecular formula is C17H15ClO4. The molecule has 5 heteroatoms. The maximum Gasteiger partial charge on any atom is 0.185 e. The Morgan fingerprint density at radius 2 is 1.82 bits per heavy atom. The van der Waals surface area contributed by atoms with Crippen molar-refractivity contribution in [1.29, 1.82) is 0 Å². The summed E-state index contributed by atoms with van der Waals surface area (Å²) in [6.45, 7) is 0. The van der Waals surface area contributed by atoms with Crippen molar-refractivity contribution in [2.24, 2.45) is 0 Å². The smallest absolute Gasteiger partial charge is 0.185 e. The lowest BCUT2D eigenvalue weighted by Gasteiger charge is -2.06. The molecule has 0 aromatic heterocycles. The highest BCUT2D eigenvalue weighted by molar-refractivity contribution is 6.32. The predicted molar refractivity (Wildman–Crippen MR) is 86.0 cm³/mol. The second kappa shape index (κ2) is 7.00. The SMILES string of the molecule is COc1ccc(C(=O)/C=C/c2cc(Cl)c(O)c(OC)c2)cc1. The standard InChI is InChI=1S/C17H15ClO4/c1-21-13-6-4-12(5-7-13)15(19)8-3-11-9-14(18)17(20)16(10-11)22-2/h3-10,20H,1-2H3/b8-3+. The lowest BCUT2D eigenvalue weighted by molar-refractivity contribution is 0.104. The Kier molecular flexibility index (Phi) is 5.07. The number of hydrogen-bond acceptors (Lipinski definition) is 4. The van der Waals surface area contributed by atoms with E-state index in [1.165, 1.54) is 13.2 Å². The van der Waals surface area contributed by atoms with Gasteiger partial charge in [0.25, 0.3) is 0 Å². The van der Waals surface area contributed by atoms with E-state index >= 15 is 0 Å². The van der Waals surface area contributed by atoms with Gasteiger partial charge < -0.3 is 14.6 Å². The van der Waals surface area contributed by atoms with Gasteiger partial charge in [0.15, 0.2) is 17.3 Å². The Morgan fingerprint density at radius 3 is 2.41 bits per heavy atom. The van der Waals surface area contributed by atoms with Crippen molar-refractivity contribution in [2.75, 3.05) is 14.2 Å². The third kappa shape index (κ3) is 3.59. The minimum absolute atomic E-state index is 0.122. The Balaban J connectivity index is 2.20. The molecule has 0 atom stereocenters. The molecule has 0 unspecified atom stereocenters. The van der Waals surface area contributed by atoms with Gasteiger partial charge >= 0.3 is 0 Å². The highest BCUT2D eigenvalue weighted by atomic mass is 35.5. The van der Waals surface area contributed by atoms with Gasteiger partial charge in [0.05, 0.1) is 19.2 Å². The van der Waals surface area contributed by atoms with Crippen LogP contribution in [-0.2, 0) is 0 Å². The van der Waals surface area contributed by atoms with Crippen LogP contribution in [0.3, 0.4) is 0 Å². The van der Waals surface area contributed by atoms with Gasteiger partial charge in [-0.1, -0.05) is 17.7 Å². The molecule has 114 valence electrons. The summed E-state index contributed by atoms with van der Waals surface area (Å²) in [6, 6.07) is 9.98. The van der Waals surface area contributed by atoms with Crippen molar-refractivity contribution in [3.05, 3.63) is 58.6 Å². The Morgan fingerprint density at radius 1 is 1.14 bits per heavy atom. The summed E-state index contributed by atoms with van der Waals surface area (Å²) in [7, 11) is 3.00. The molecule has 0 heterocycles. The molecule has 22 heavy (non-hydrogen) atoms. The zero-order chi connectivity index (χ0) is 16.1. The second-order valence-electron chi connectivity index (χ2n) is 4.48. The molecule has 0 saturated heterocycles. The number of allylic oxidation sites excluding steroid dienone is 1. The fourth-order valence-electron chi connectivity index (χ4n) is 1.87. The first-order valence-corrected chi connectivity index (χ1v) is 6.86. The topological polar surface area (TPSA) is 55.8 Å². The largest absolute Gasteiger partial charge is 0.503 e. The molecule has 4 nitrogen and oxygen atoms in total. The van der Waals surface area contributed by atoms with Crippen LogP contribution in [0.4, 0.5) is 0 Å². The number of carbonyl (C=O) groups is 1. The van der Waals surface area contributed by atoms with Gasteiger partial charge in [0.1, 0.15) is 5.75 Å². The van der Waals surface area contributed by atoms with E-state index in [9.17, 15) is 9.90 Å². The summed E-state index contributed by atoms with van der Waals surface area (Å²) in [5.74, 6) is 0.674. The second-order valence-corrected chi connectivity index (χ2v) is 4.89. The lowest BCUT2D eigenvalue weighted by atomic mass is 10.1. The number of methoxy groups -OCH3 is 2. The minimum Gasteiger partial charge on any atom is -0.503 e. The molecule has 0 radical (unpaired) electrons. The van der Waals surface area contributed by atoms with E-state index in [2.05, 4.69) is 0 Å². The van der Waals surface area contributed by atoms with E-state index in [1.807, 2.05) is 0 Å². The first kappa shape index (κ1) is 15.9. The molecule has 0 aliphatic heterocycles. The van der Waals surface area contributed by atoms with E-state index in [0.717, 1.165) is 0 Å². The highest BCUT2D eigenvalue weighted by Crippen LogP contribution is 2.35. The van der Waals surface area contributed by atoms with Gasteiger partial charge in [-0.3, -0.25) is 4.79 Å². The van der Waals surface area contributed by atoms with Crippen molar-refractivity contribution < 1.29 is 19.4 Å². The van der Waals surface area contributed by atoms with Gasteiger partial charge in [-0.2, -0.15) is 0 Å². The summed E-state index contributed by atoms with van der Waals surface area (Å²) in [5.41, 5.74) is 1.20. The van der Waals surface area contributed by atoms with Gasteiger partial charge in [0.2, 0.25) is 0 Å². The van der Waals surface area contributed by atoms with E-state index in [-0.39, 0.29) is 22.3 Å². The zero-order valence-electron chi connectivity index (χ0n) is 12.2. The summed E-state index contributed by atoms with van der Waals surface area (Å²) in [4.78, 5) is 12.1. The third-order valence-electron chi connectivity index (χ3n) is 3.07. The summed E-state index contributed by atoms with van der Waals surface area (Å²) in [6.07, 6.45) is 3.05. The average Bonchev–Trinajstić information content (AvgIpc) is 2.55. The molecule has 2 aromatic rings. The van der Waals surface area contributed by atoms with Crippen molar-refractivity contribution in [3.63, 3.8) is 0 Å². The fraction of sp³-hybridized carbons (Fsp3) is 0.118. The zero-order valence-corrected chi connectivity index (χ0v) is 12.9. The molecule has 2 rings (SSSR count). The molecule has 0 amide bonds. The van der Waals surface area contributed by atoms with Crippen LogP contribution in [0, 0.1) is 0 Å².